The molecule has 1 aromatic rings. The average molecular weight is 483 g/mol. The van der Waals surface area contributed by atoms with Crippen molar-refractivity contribution < 1.29 is 14.7 Å². The van der Waals surface area contributed by atoms with E-state index < -0.39 is 12.0 Å². The first-order valence-corrected chi connectivity index (χ1v) is 10.9. The van der Waals surface area contributed by atoms with E-state index >= 15 is 0 Å². The topological polar surface area (TPSA) is 158 Å². The highest BCUT2D eigenvalue weighted by Gasteiger charge is 2.30. The number of hydrogen-bond acceptors (Lipinski definition) is 3. The Labute approximate surface area is 202 Å². The molecule has 1 amide bonds. The monoisotopic (exact) mass is 482 g/mol. The number of halogens is 1. The van der Waals surface area contributed by atoms with Gasteiger partial charge in [-0.2, -0.15) is 4.99 Å². The summed E-state index contributed by atoms with van der Waals surface area (Å²) in [5.41, 5.74) is 10.9. The van der Waals surface area contributed by atoms with Gasteiger partial charge in [0.2, 0.25) is 11.9 Å². The van der Waals surface area contributed by atoms with Crippen LogP contribution >= 0.6 is 12.4 Å². The summed E-state index contributed by atoms with van der Waals surface area (Å²) < 4.78 is 0. The van der Waals surface area contributed by atoms with Crippen molar-refractivity contribution in [1.82, 2.24) is 10.2 Å². The van der Waals surface area contributed by atoms with E-state index in [4.69, 9.17) is 16.9 Å². The Morgan fingerprint density at radius 1 is 1.15 bits per heavy atom. The van der Waals surface area contributed by atoms with Crippen LogP contribution in [-0.4, -0.2) is 53.9 Å². The summed E-state index contributed by atoms with van der Waals surface area (Å²) in [7, 11) is 3.38. The Hall–Kier alpha value is -2.81. The van der Waals surface area contributed by atoms with Crippen LogP contribution in [0.25, 0.3) is 0 Å². The van der Waals surface area contributed by atoms with E-state index in [2.05, 4.69) is 24.2 Å². The van der Waals surface area contributed by atoms with Crippen molar-refractivity contribution in [3.63, 3.8) is 0 Å². The zero-order valence-electron chi connectivity index (χ0n) is 20.0. The van der Waals surface area contributed by atoms with Crippen LogP contribution in [-0.2, 0) is 16.0 Å². The minimum absolute atomic E-state index is 0. The minimum atomic E-state index is -0.974. The van der Waals surface area contributed by atoms with Gasteiger partial charge in [0.05, 0.1) is 0 Å². The highest BCUT2D eigenvalue weighted by atomic mass is 35.5. The fourth-order valence-electron chi connectivity index (χ4n) is 3.61. The number of nitrogens with one attached hydrogen (secondary N) is 2. The van der Waals surface area contributed by atoms with Crippen molar-refractivity contribution in [3.8, 4) is 0 Å². The summed E-state index contributed by atoms with van der Waals surface area (Å²) in [6.45, 7) is 4.46. The Morgan fingerprint density at radius 2 is 1.70 bits per heavy atom. The number of benzene rings is 1. The third kappa shape index (κ3) is 11.6. The van der Waals surface area contributed by atoms with Crippen LogP contribution in [0, 0.1) is 23.2 Å². The number of carbonyl (C=O) groups is 2. The highest BCUT2D eigenvalue weighted by Crippen LogP contribution is 2.33. The number of amides is 1. The highest BCUT2D eigenvalue weighted by molar-refractivity contribution is 5.91. The predicted molar refractivity (Wildman–Crippen MR) is 134 cm³/mol. The summed E-state index contributed by atoms with van der Waals surface area (Å²) in [6, 6.07) is 8.57. The lowest BCUT2D eigenvalue weighted by Gasteiger charge is -2.30. The minimum Gasteiger partial charge on any atom is -0.480 e. The molecule has 1 atom stereocenters. The number of aliphatic carboxylic acids is 1. The summed E-state index contributed by atoms with van der Waals surface area (Å²) >= 11 is 0. The standard InChI is InChI=1S/C19H27NO3.C4H11N5.ClH/c1-13(2)15-8-10-16(11-9-15)18(21)20-17(19(22)23)12-14-6-4-3-5-7-14;1-9(2)4(7)8-3(5)6;/h3-7,13,15-17H,8-12H2,1-2H3,(H,20,21)(H,22,23);1-2H3,(H5,5,6,7,8);1H/t15?,16?,17-;;/m1../s1. The Kier molecular flexibility index (Phi) is 13.8. The van der Waals surface area contributed by atoms with Gasteiger partial charge in [0.25, 0.3) is 0 Å². The normalized spacial score (nSPS) is 18.0. The molecule has 1 fully saturated rings. The zero-order chi connectivity index (χ0) is 24.3. The van der Waals surface area contributed by atoms with Gasteiger partial charge >= 0.3 is 5.97 Å². The van der Waals surface area contributed by atoms with Gasteiger partial charge in [-0.05, 0) is 43.1 Å². The van der Waals surface area contributed by atoms with Gasteiger partial charge in [-0.1, -0.05) is 44.2 Å². The molecule has 1 aromatic carbocycles. The largest absolute Gasteiger partial charge is 0.480 e. The molecular weight excluding hydrogens is 444 g/mol. The third-order valence-electron chi connectivity index (χ3n) is 5.64. The molecule has 1 aliphatic rings. The van der Waals surface area contributed by atoms with Gasteiger partial charge in [-0.15, -0.1) is 12.4 Å². The molecule has 1 aliphatic carbocycles. The third-order valence-corrected chi connectivity index (χ3v) is 5.64. The lowest BCUT2D eigenvalue weighted by atomic mass is 9.76. The molecule has 1 saturated carbocycles. The van der Waals surface area contributed by atoms with Crippen LogP contribution in [0.5, 0.6) is 0 Å². The molecule has 33 heavy (non-hydrogen) atoms. The smallest absolute Gasteiger partial charge is 0.326 e. The second-order valence-corrected chi connectivity index (χ2v) is 8.70. The first kappa shape index (κ1) is 30.2. The van der Waals surface area contributed by atoms with E-state index in [1.165, 1.54) is 4.90 Å². The van der Waals surface area contributed by atoms with Gasteiger partial charge in [-0.3, -0.25) is 10.2 Å². The van der Waals surface area contributed by atoms with E-state index in [9.17, 15) is 14.7 Å². The molecule has 7 N–H and O–H groups in total. The quantitative estimate of drug-likeness (QED) is 0.309. The first-order valence-electron chi connectivity index (χ1n) is 10.9. The number of carboxylic acids is 1. The molecule has 0 bridgehead atoms. The predicted octanol–water partition coefficient (Wildman–Crippen LogP) is 2.44. The van der Waals surface area contributed by atoms with Gasteiger partial charge in [0, 0.05) is 26.4 Å². The number of hydrogen-bond donors (Lipinski definition) is 5. The van der Waals surface area contributed by atoms with Crippen LogP contribution in [0.4, 0.5) is 0 Å². The SMILES string of the molecule is CC(C)C1CCC(C(=O)N[C@H](Cc2ccccc2)C(=O)O)CC1.CN(C)C(=N)N=C(N)N.Cl. The fourth-order valence-corrected chi connectivity index (χ4v) is 3.61. The maximum absolute atomic E-state index is 12.4. The number of rotatable bonds is 6. The molecule has 0 unspecified atom stereocenters. The fraction of sp³-hybridized carbons (Fsp3) is 0.565. The Morgan fingerprint density at radius 3 is 2.09 bits per heavy atom. The lowest BCUT2D eigenvalue weighted by Crippen LogP contribution is -2.45. The van der Waals surface area contributed by atoms with E-state index in [0.29, 0.717) is 18.3 Å². The van der Waals surface area contributed by atoms with Crippen molar-refractivity contribution in [3.05, 3.63) is 35.9 Å². The van der Waals surface area contributed by atoms with Crippen molar-refractivity contribution in [1.29, 1.82) is 5.41 Å². The molecule has 186 valence electrons. The number of carbonyl (C=O) groups excluding carboxylic acids is 1. The van der Waals surface area contributed by atoms with Crippen LogP contribution in [0.3, 0.4) is 0 Å². The summed E-state index contributed by atoms with van der Waals surface area (Å²) in [6.07, 6.45) is 4.18. The van der Waals surface area contributed by atoms with Crippen LogP contribution in [0.1, 0.15) is 45.1 Å². The zero-order valence-corrected chi connectivity index (χ0v) is 20.8. The molecular formula is C23H39ClN6O3. The van der Waals surface area contributed by atoms with E-state index in [1.54, 1.807) is 14.1 Å². The number of nitrogens with two attached hydrogens (primary N) is 2. The van der Waals surface area contributed by atoms with E-state index in [0.717, 1.165) is 31.2 Å². The second-order valence-electron chi connectivity index (χ2n) is 8.70. The summed E-state index contributed by atoms with van der Waals surface area (Å²) in [4.78, 5) is 28.8. The Bertz CT molecular complexity index is 774. The molecule has 9 nitrogen and oxygen atoms in total. The maximum atomic E-state index is 12.4. The molecule has 0 spiro atoms. The van der Waals surface area contributed by atoms with Crippen LogP contribution in [0.15, 0.2) is 35.3 Å². The number of carboxylic acid groups (broad SMARTS) is 1. The van der Waals surface area contributed by atoms with Crippen molar-refractivity contribution in [2.24, 2.45) is 34.2 Å². The molecule has 10 heteroatoms. The van der Waals surface area contributed by atoms with Gasteiger partial charge in [-0.25, -0.2) is 4.79 Å². The summed E-state index contributed by atoms with van der Waals surface area (Å²) in [5, 5.41) is 19.2. The van der Waals surface area contributed by atoms with Crippen molar-refractivity contribution >= 4 is 36.2 Å². The van der Waals surface area contributed by atoms with Gasteiger partial charge in [0.1, 0.15) is 6.04 Å². The van der Waals surface area contributed by atoms with Crippen molar-refractivity contribution in [2.45, 2.75) is 52.0 Å². The van der Waals surface area contributed by atoms with Crippen LogP contribution in [0.2, 0.25) is 0 Å². The molecule has 0 aromatic heterocycles. The Balaban J connectivity index is 0.000000875. The van der Waals surface area contributed by atoms with Gasteiger partial charge < -0.3 is 26.8 Å². The lowest BCUT2D eigenvalue weighted by molar-refractivity contribution is -0.142. The molecule has 0 heterocycles. The van der Waals surface area contributed by atoms with Crippen LogP contribution < -0.4 is 16.8 Å². The van der Waals surface area contributed by atoms with E-state index in [1.807, 2.05) is 30.3 Å². The summed E-state index contributed by atoms with van der Waals surface area (Å²) in [5.74, 6) is 0.197. The number of aliphatic imine (C=N–C) groups is 1. The molecule has 0 saturated heterocycles. The average Bonchev–Trinajstić information content (AvgIpc) is 2.73. The second kappa shape index (κ2) is 15.1. The first-order chi connectivity index (χ1) is 15.0. The van der Waals surface area contributed by atoms with Crippen molar-refractivity contribution in [2.75, 3.05) is 14.1 Å². The number of nitrogens with zero attached hydrogens (tertiary/aromatic N) is 2. The van der Waals surface area contributed by atoms with Gasteiger partial charge in [0.15, 0.2) is 5.96 Å². The number of guanidine groups is 2. The molecule has 2 rings (SSSR count). The molecule has 0 aliphatic heterocycles. The molecule has 0 radical (unpaired) electrons. The maximum Gasteiger partial charge on any atom is 0.326 e. The van der Waals surface area contributed by atoms with E-state index in [-0.39, 0.29) is 36.2 Å².